The Bertz CT molecular complexity index is 810. The van der Waals surface area contributed by atoms with Gasteiger partial charge in [0.1, 0.15) is 0 Å². The average molecular weight is 322 g/mol. The van der Waals surface area contributed by atoms with Crippen molar-refractivity contribution in [1.82, 2.24) is 4.90 Å². The minimum Gasteiger partial charge on any atom is -0.466 e. The summed E-state index contributed by atoms with van der Waals surface area (Å²) in [5.41, 5.74) is 5.76. The highest BCUT2D eigenvalue weighted by Gasteiger charge is 2.63. The van der Waals surface area contributed by atoms with Crippen molar-refractivity contribution in [2.24, 2.45) is 5.92 Å². The Kier molecular flexibility index (Phi) is 2.82. The van der Waals surface area contributed by atoms with E-state index in [0.717, 1.165) is 42.9 Å². The molecule has 0 saturated carbocycles. The highest BCUT2D eigenvalue weighted by atomic mass is 16.5. The number of hydrogen-bond acceptors (Lipinski definition) is 4. The zero-order valence-corrected chi connectivity index (χ0v) is 14.1. The predicted molar refractivity (Wildman–Crippen MR) is 92.6 cm³/mol. The van der Waals surface area contributed by atoms with Gasteiger partial charge in [0.25, 0.3) is 0 Å². The summed E-state index contributed by atoms with van der Waals surface area (Å²) in [6.07, 6.45) is 4.30. The number of hydrogen-bond donors (Lipinski definition) is 1. The van der Waals surface area contributed by atoms with Crippen LogP contribution in [0.4, 0.5) is 5.69 Å². The van der Waals surface area contributed by atoms with Gasteiger partial charge in [-0.1, -0.05) is 24.3 Å². The number of fused-ring (bicyclic) bond motifs is 2. The Morgan fingerprint density at radius 2 is 2.21 bits per heavy atom. The van der Waals surface area contributed by atoms with E-state index in [2.05, 4.69) is 47.5 Å². The molecule has 3 atom stereocenters. The third kappa shape index (κ3) is 1.46. The van der Waals surface area contributed by atoms with Crippen molar-refractivity contribution in [1.29, 1.82) is 0 Å². The fraction of sp³-hybridized carbons (Fsp3) is 0.450. The number of rotatable bonds is 1. The Morgan fingerprint density at radius 3 is 3.00 bits per heavy atom. The lowest BCUT2D eigenvalue weighted by molar-refractivity contribution is -0.137. The third-order valence-corrected chi connectivity index (χ3v) is 6.52. The summed E-state index contributed by atoms with van der Waals surface area (Å²) in [5, 5.41) is 3.62. The van der Waals surface area contributed by atoms with Crippen LogP contribution in [-0.2, 0) is 14.9 Å². The Labute approximate surface area is 142 Å². The minimum absolute atomic E-state index is 0.112. The molecule has 1 aromatic rings. The number of anilines is 1. The van der Waals surface area contributed by atoms with Crippen molar-refractivity contribution in [3.05, 3.63) is 52.7 Å². The van der Waals surface area contributed by atoms with Crippen molar-refractivity contribution in [3.8, 4) is 0 Å². The van der Waals surface area contributed by atoms with Crippen LogP contribution in [0, 0.1) is 5.92 Å². The monoisotopic (exact) mass is 322 g/mol. The first-order chi connectivity index (χ1) is 11.7. The lowest BCUT2D eigenvalue weighted by atomic mass is 9.60. The van der Waals surface area contributed by atoms with Gasteiger partial charge in [0.05, 0.1) is 18.1 Å². The normalized spacial score (nSPS) is 34.8. The molecule has 5 rings (SSSR count). The maximum absolute atomic E-state index is 12.7. The van der Waals surface area contributed by atoms with E-state index < -0.39 is 0 Å². The number of piperidine rings is 1. The van der Waals surface area contributed by atoms with E-state index in [1.54, 1.807) is 0 Å². The van der Waals surface area contributed by atoms with Crippen LogP contribution in [0.1, 0.15) is 25.3 Å². The number of carbonyl (C=O) groups excluding carboxylic acids is 1. The molecular formula is C20H22N2O2. The molecule has 1 spiro atoms. The zero-order valence-electron chi connectivity index (χ0n) is 14.1. The highest BCUT2D eigenvalue weighted by Crippen LogP contribution is 2.61. The maximum atomic E-state index is 12.7. The molecule has 0 aromatic heterocycles. The van der Waals surface area contributed by atoms with Gasteiger partial charge >= 0.3 is 5.97 Å². The van der Waals surface area contributed by atoms with Crippen LogP contribution >= 0.6 is 0 Å². The molecule has 1 aromatic carbocycles. The summed E-state index contributed by atoms with van der Waals surface area (Å²) >= 11 is 0. The number of nitrogens with zero attached hydrogens (tertiary/aromatic N) is 1. The molecule has 1 aliphatic carbocycles. The van der Waals surface area contributed by atoms with E-state index in [1.807, 2.05) is 0 Å². The molecule has 0 amide bonds. The van der Waals surface area contributed by atoms with Crippen molar-refractivity contribution in [3.63, 3.8) is 0 Å². The number of carbonyl (C=O) groups is 1. The van der Waals surface area contributed by atoms with Gasteiger partial charge in [-0.3, -0.25) is 4.90 Å². The fourth-order valence-electron chi connectivity index (χ4n) is 5.70. The quantitative estimate of drug-likeness (QED) is 0.638. The SMILES string of the molecule is C/C=C1/C2CCN3CCC4(C(=C2C(=O)OC)Nc2ccccc24)C13. The van der Waals surface area contributed by atoms with Crippen molar-refractivity contribution < 1.29 is 9.53 Å². The fourth-order valence-corrected chi connectivity index (χ4v) is 5.70. The van der Waals surface area contributed by atoms with Gasteiger partial charge in [-0.2, -0.15) is 0 Å². The molecule has 24 heavy (non-hydrogen) atoms. The second-order valence-corrected chi connectivity index (χ2v) is 7.24. The standard InChI is InChI=1S/C20H22N2O2/c1-3-12-13-8-10-22-11-9-20(18(12)22)14-6-4-5-7-15(14)21-17(20)16(13)19(23)24-2/h3-7,13,18,21H,8-11H2,1-2H3/b12-3-. The topological polar surface area (TPSA) is 41.6 Å². The number of esters is 1. The van der Waals surface area contributed by atoms with Crippen LogP contribution in [0.3, 0.4) is 0 Å². The lowest BCUT2D eigenvalue weighted by Crippen LogP contribution is -2.54. The summed E-state index contributed by atoms with van der Waals surface area (Å²) in [4.78, 5) is 15.3. The zero-order chi connectivity index (χ0) is 16.5. The minimum atomic E-state index is -0.173. The molecule has 2 bridgehead atoms. The molecule has 4 nitrogen and oxygen atoms in total. The summed E-state index contributed by atoms with van der Waals surface area (Å²) < 4.78 is 5.21. The first kappa shape index (κ1) is 14.3. The number of methoxy groups -OCH3 is 1. The largest absolute Gasteiger partial charge is 0.466 e. The molecule has 3 heterocycles. The second-order valence-electron chi connectivity index (χ2n) is 7.24. The van der Waals surface area contributed by atoms with Gasteiger partial charge in [-0.05, 0) is 43.5 Å². The molecule has 2 fully saturated rings. The molecule has 124 valence electrons. The Balaban J connectivity index is 1.86. The summed E-state index contributed by atoms with van der Waals surface area (Å²) in [6, 6.07) is 8.92. The van der Waals surface area contributed by atoms with Crippen molar-refractivity contribution in [2.75, 3.05) is 25.5 Å². The summed E-state index contributed by atoms with van der Waals surface area (Å²) in [6.45, 7) is 4.26. The molecule has 4 heteroatoms. The van der Waals surface area contributed by atoms with E-state index in [9.17, 15) is 4.79 Å². The second kappa shape index (κ2) is 4.73. The first-order valence-electron chi connectivity index (χ1n) is 8.82. The van der Waals surface area contributed by atoms with Crippen molar-refractivity contribution in [2.45, 2.75) is 31.2 Å². The van der Waals surface area contributed by atoms with Crippen LogP contribution in [0.5, 0.6) is 0 Å². The van der Waals surface area contributed by atoms with Crippen LogP contribution in [0.2, 0.25) is 0 Å². The van der Waals surface area contributed by atoms with E-state index in [4.69, 9.17) is 4.74 Å². The van der Waals surface area contributed by atoms with Gasteiger partial charge < -0.3 is 10.1 Å². The molecule has 3 unspecified atom stereocenters. The van der Waals surface area contributed by atoms with Crippen LogP contribution in [0.15, 0.2) is 47.2 Å². The molecule has 1 N–H and O–H groups in total. The van der Waals surface area contributed by atoms with E-state index >= 15 is 0 Å². The molecule has 3 aliphatic heterocycles. The van der Waals surface area contributed by atoms with Crippen LogP contribution in [-0.4, -0.2) is 37.1 Å². The summed E-state index contributed by atoms with van der Waals surface area (Å²) in [5.74, 6) is 0.0135. The van der Waals surface area contributed by atoms with Gasteiger partial charge in [-0.25, -0.2) is 4.79 Å². The third-order valence-electron chi connectivity index (χ3n) is 6.52. The van der Waals surface area contributed by atoms with Crippen molar-refractivity contribution >= 4 is 11.7 Å². The van der Waals surface area contributed by atoms with Gasteiger partial charge in [-0.15, -0.1) is 0 Å². The number of ether oxygens (including phenoxy) is 1. The summed E-state index contributed by atoms with van der Waals surface area (Å²) in [7, 11) is 1.50. The maximum Gasteiger partial charge on any atom is 0.336 e. The van der Waals surface area contributed by atoms with E-state index in [-0.39, 0.29) is 17.3 Å². The average Bonchev–Trinajstić information content (AvgIpc) is 3.17. The van der Waals surface area contributed by atoms with Gasteiger partial charge in [0, 0.05) is 29.9 Å². The smallest absolute Gasteiger partial charge is 0.336 e. The van der Waals surface area contributed by atoms with E-state index in [1.165, 1.54) is 18.2 Å². The van der Waals surface area contributed by atoms with Crippen LogP contribution in [0.25, 0.3) is 0 Å². The Hall–Kier alpha value is -2.07. The number of allylic oxidation sites excluding steroid dienone is 1. The lowest BCUT2D eigenvalue weighted by Gasteiger charge is -2.49. The van der Waals surface area contributed by atoms with Gasteiger partial charge in [0.15, 0.2) is 0 Å². The van der Waals surface area contributed by atoms with E-state index in [0.29, 0.717) is 6.04 Å². The van der Waals surface area contributed by atoms with Crippen LogP contribution < -0.4 is 5.32 Å². The Morgan fingerprint density at radius 1 is 1.38 bits per heavy atom. The predicted octanol–water partition coefficient (Wildman–Crippen LogP) is 2.83. The van der Waals surface area contributed by atoms with Gasteiger partial charge in [0.2, 0.25) is 0 Å². The molecular weight excluding hydrogens is 300 g/mol. The molecule has 4 aliphatic rings. The highest BCUT2D eigenvalue weighted by molar-refractivity contribution is 5.94. The number of nitrogens with one attached hydrogen (secondary N) is 1. The molecule has 2 saturated heterocycles. The molecule has 0 radical (unpaired) electrons. The number of benzene rings is 1. The first-order valence-corrected chi connectivity index (χ1v) is 8.82. The number of para-hydroxylation sites is 1.